The van der Waals surface area contributed by atoms with E-state index in [1.807, 2.05) is 22.7 Å². The average Bonchev–Trinajstić information content (AvgIpc) is 3.28. The van der Waals surface area contributed by atoms with Gasteiger partial charge in [-0.2, -0.15) is 14.6 Å². The van der Waals surface area contributed by atoms with Gasteiger partial charge in [-0.3, -0.25) is 9.69 Å². The summed E-state index contributed by atoms with van der Waals surface area (Å²) in [6.45, 7) is 10.2. The maximum Gasteiger partial charge on any atom is 0.254 e. The normalized spacial score (nSPS) is 22.4. The number of piperidine rings is 1. The summed E-state index contributed by atoms with van der Waals surface area (Å²) < 4.78 is 1.81. The molecule has 3 aromatic rings. The van der Waals surface area contributed by atoms with Gasteiger partial charge in [0, 0.05) is 50.9 Å². The summed E-state index contributed by atoms with van der Waals surface area (Å²) in [7, 11) is 0. The number of piperazine rings is 1. The lowest BCUT2D eigenvalue weighted by atomic mass is 9.92. The molecule has 0 radical (unpaired) electrons. The Hall–Kier alpha value is -3.00. The third-order valence-electron chi connectivity index (χ3n) is 6.58. The van der Waals surface area contributed by atoms with E-state index in [2.05, 4.69) is 61.8 Å². The topological polar surface area (TPSA) is 69.9 Å². The smallest absolute Gasteiger partial charge is 0.254 e. The van der Waals surface area contributed by atoms with Crippen molar-refractivity contribution in [3.63, 3.8) is 0 Å². The van der Waals surface area contributed by atoms with Crippen molar-refractivity contribution in [3.05, 3.63) is 42.7 Å². The molecule has 2 fully saturated rings. The van der Waals surface area contributed by atoms with E-state index in [0.717, 1.165) is 56.3 Å². The van der Waals surface area contributed by atoms with Gasteiger partial charge >= 0.3 is 0 Å². The highest BCUT2D eigenvalue weighted by Gasteiger charge is 2.28. The number of anilines is 1. The minimum atomic E-state index is 0.269. The van der Waals surface area contributed by atoms with Gasteiger partial charge in [0.05, 0.1) is 12.2 Å². The van der Waals surface area contributed by atoms with Crippen molar-refractivity contribution in [1.82, 2.24) is 29.4 Å². The number of carbonyl (C=O) groups is 1. The summed E-state index contributed by atoms with van der Waals surface area (Å²) in [6.07, 6.45) is 2.77. The molecule has 2 unspecified atom stereocenters. The molecule has 2 atom stereocenters. The molecule has 8 nitrogen and oxygen atoms in total. The molecule has 0 saturated carbocycles. The summed E-state index contributed by atoms with van der Waals surface area (Å²) in [5, 5.41) is 4.40. The second-order valence-corrected chi connectivity index (χ2v) is 9.35. The van der Waals surface area contributed by atoms with E-state index in [1.54, 1.807) is 6.33 Å². The predicted molar refractivity (Wildman–Crippen MR) is 124 cm³/mol. The molecule has 5 rings (SSSR count). The van der Waals surface area contributed by atoms with Crippen molar-refractivity contribution in [2.75, 3.05) is 50.7 Å². The van der Waals surface area contributed by atoms with Crippen LogP contribution in [0, 0.1) is 11.8 Å². The van der Waals surface area contributed by atoms with E-state index in [4.69, 9.17) is 0 Å². The maximum absolute atomic E-state index is 12.9. The number of carbonyl (C=O) groups excluding carboxylic acids is 1. The fourth-order valence-corrected chi connectivity index (χ4v) is 5.07. The Morgan fingerprint density at radius 1 is 1.03 bits per heavy atom. The molecule has 1 amide bonds. The van der Waals surface area contributed by atoms with E-state index >= 15 is 0 Å². The zero-order chi connectivity index (χ0) is 22.1. The van der Waals surface area contributed by atoms with Gasteiger partial charge in [0.15, 0.2) is 0 Å². The van der Waals surface area contributed by atoms with Crippen molar-refractivity contribution in [1.29, 1.82) is 0 Å². The van der Waals surface area contributed by atoms with Crippen molar-refractivity contribution >= 4 is 17.5 Å². The molecule has 0 N–H and O–H groups in total. The summed E-state index contributed by atoms with van der Waals surface area (Å²) >= 11 is 0. The van der Waals surface area contributed by atoms with Crippen LogP contribution in [0.2, 0.25) is 0 Å². The molecule has 0 spiro atoms. The van der Waals surface area contributed by atoms with Gasteiger partial charge in [0.25, 0.3) is 5.78 Å². The van der Waals surface area contributed by atoms with Crippen LogP contribution in [-0.2, 0) is 4.79 Å². The Labute approximate surface area is 188 Å². The number of likely N-dealkylation sites (tertiary alicyclic amines) is 1. The molecule has 8 heteroatoms. The first-order valence-corrected chi connectivity index (χ1v) is 11.6. The van der Waals surface area contributed by atoms with E-state index in [1.165, 1.54) is 6.42 Å². The molecule has 32 heavy (non-hydrogen) atoms. The first-order chi connectivity index (χ1) is 15.6. The lowest BCUT2D eigenvalue weighted by Crippen LogP contribution is -2.52. The van der Waals surface area contributed by atoms with Gasteiger partial charge in [-0.15, -0.1) is 0 Å². The Morgan fingerprint density at radius 3 is 2.47 bits per heavy atom. The molecule has 4 heterocycles. The largest absolute Gasteiger partial charge is 0.354 e. The van der Waals surface area contributed by atoms with Crippen LogP contribution >= 0.6 is 0 Å². The van der Waals surface area contributed by atoms with Crippen LogP contribution in [0.15, 0.2) is 42.7 Å². The highest BCUT2D eigenvalue weighted by Crippen LogP contribution is 2.25. The van der Waals surface area contributed by atoms with Gasteiger partial charge in [-0.05, 0) is 18.3 Å². The van der Waals surface area contributed by atoms with E-state index < -0.39 is 0 Å². The Morgan fingerprint density at radius 2 is 1.75 bits per heavy atom. The van der Waals surface area contributed by atoms with Crippen molar-refractivity contribution in [2.24, 2.45) is 11.8 Å². The van der Waals surface area contributed by atoms with Crippen LogP contribution in [-0.4, -0.2) is 81.1 Å². The summed E-state index contributed by atoms with van der Waals surface area (Å²) in [6, 6.07) is 12.3. The molecule has 0 bridgehead atoms. The molecular weight excluding hydrogens is 402 g/mol. The van der Waals surface area contributed by atoms with Gasteiger partial charge in [0.2, 0.25) is 5.91 Å². The predicted octanol–water partition coefficient (Wildman–Crippen LogP) is 2.42. The molecule has 1 aromatic carbocycles. The van der Waals surface area contributed by atoms with Crippen LogP contribution in [0.3, 0.4) is 0 Å². The molecule has 0 aliphatic carbocycles. The Kier molecular flexibility index (Phi) is 5.78. The Balaban J connectivity index is 1.27. The van der Waals surface area contributed by atoms with E-state index in [9.17, 15) is 4.79 Å². The summed E-state index contributed by atoms with van der Waals surface area (Å²) in [5.74, 6) is 3.05. The third kappa shape index (κ3) is 4.32. The number of benzene rings is 1. The van der Waals surface area contributed by atoms with Crippen molar-refractivity contribution in [3.8, 4) is 11.3 Å². The lowest BCUT2D eigenvalue weighted by Gasteiger charge is -2.39. The van der Waals surface area contributed by atoms with Crippen LogP contribution in [0.4, 0.5) is 5.82 Å². The van der Waals surface area contributed by atoms with Crippen LogP contribution < -0.4 is 4.90 Å². The van der Waals surface area contributed by atoms with Crippen LogP contribution in [0.25, 0.3) is 17.0 Å². The van der Waals surface area contributed by atoms with Gasteiger partial charge in [-0.1, -0.05) is 44.2 Å². The molecule has 2 aliphatic rings. The third-order valence-corrected chi connectivity index (χ3v) is 6.58. The monoisotopic (exact) mass is 433 g/mol. The molecular formula is C24H31N7O. The van der Waals surface area contributed by atoms with Crippen LogP contribution in [0.5, 0.6) is 0 Å². The fourth-order valence-electron chi connectivity index (χ4n) is 5.07. The molecule has 2 saturated heterocycles. The number of amides is 1. The minimum Gasteiger partial charge on any atom is -0.354 e. The zero-order valence-corrected chi connectivity index (χ0v) is 18.9. The Bertz CT molecular complexity index is 1060. The van der Waals surface area contributed by atoms with Crippen LogP contribution in [0.1, 0.15) is 20.3 Å². The first-order valence-electron chi connectivity index (χ1n) is 11.6. The van der Waals surface area contributed by atoms with Gasteiger partial charge < -0.3 is 9.80 Å². The second-order valence-electron chi connectivity index (χ2n) is 9.35. The number of hydrogen-bond donors (Lipinski definition) is 0. The number of rotatable bonds is 4. The van der Waals surface area contributed by atoms with E-state index in [-0.39, 0.29) is 5.91 Å². The highest BCUT2D eigenvalue weighted by molar-refractivity contribution is 5.78. The summed E-state index contributed by atoms with van der Waals surface area (Å²) in [4.78, 5) is 28.6. The zero-order valence-electron chi connectivity index (χ0n) is 18.9. The standard InChI is InChI=1S/C24H31N7O/c1-18-12-19(2)15-30(14-18)23(32)16-28-8-10-29(11-9-28)22-13-21(20-6-4-3-5-7-20)27-24-25-17-26-31(22)24/h3-7,13,17-19H,8-12,14-16H2,1-2H3. The van der Waals surface area contributed by atoms with Gasteiger partial charge in [0.1, 0.15) is 12.1 Å². The molecule has 168 valence electrons. The fraction of sp³-hybridized carbons (Fsp3) is 0.500. The minimum absolute atomic E-state index is 0.269. The number of hydrogen-bond acceptors (Lipinski definition) is 6. The van der Waals surface area contributed by atoms with E-state index in [0.29, 0.717) is 24.2 Å². The molecule has 2 aliphatic heterocycles. The maximum atomic E-state index is 12.9. The summed E-state index contributed by atoms with van der Waals surface area (Å²) in [5.41, 5.74) is 1.96. The van der Waals surface area contributed by atoms with Gasteiger partial charge in [-0.25, -0.2) is 4.98 Å². The average molecular weight is 434 g/mol. The first kappa shape index (κ1) is 20.9. The number of aromatic nitrogens is 4. The molecule has 2 aromatic heterocycles. The lowest BCUT2D eigenvalue weighted by molar-refractivity contribution is -0.135. The SMILES string of the molecule is CC1CC(C)CN(C(=O)CN2CCN(c3cc(-c4ccccc4)nc4ncnn34)CC2)C1. The number of fused-ring (bicyclic) bond motifs is 1. The second kappa shape index (κ2) is 8.86. The number of nitrogens with zero attached hydrogens (tertiary/aromatic N) is 7. The highest BCUT2D eigenvalue weighted by atomic mass is 16.2. The van der Waals surface area contributed by atoms with Crippen molar-refractivity contribution < 1.29 is 4.79 Å². The van der Waals surface area contributed by atoms with Crippen molar-refractivity contribution in [2.45, 2.75) is 20.3 Å². The quantitative estimate of drug-likeness (QED) is 0.629.